The summed E-state index contributed by atoms with van der Waals surface area (Å²) in [6.45, 7) is 0. The van der Waals surface area contributed by atoms with Gasteiger partial charge < -0.3 is 10.6 Å². The molecule has 0 saturated heterocycles. The van der Waals surface area contributed by atoms with Crippen LogP contribution in [-0.2, 0) is 0 Å². The highest BCUT2D eigenvalue weighted by molar-refractivity contribution is 5.94. The number of carbonyl (C=O) groups excluding carboxylic acids is 1. The van der Waals surface area contributed by atoms with Crippen LogP contribution in [0.15, 0.2) is 42.5 Å². The molecule has 0 spiro atoms. The first kappa shape index (κ1) is 13.6. The van der Waals surface area contributed by atoms with E-state index < -0.39 is 0 Å². The maximum Gasteiger partial charge on any atom is 0.253 e. The Hall–Kier alpha value is -2.80. The average Bonchev–Trinajstić information content (AvgIpc) is 2.47. The molecule has 1 amide bonds. The predicted molar refractivity (Wildman–Crippen MR) is 79.0 cm³/mol. The maximum absolute atomic E-state index is 11.8. The number of nitrogens with two attached hydrogens (primary N) is 1. The zero-order valence-electron chi connectivity index (χ0n) is 11.4. The molecule has 0 bridgehead atoms. The molecule has 0 aromatic heterocycles. The highest BCUT2D eigenvalue weighted by Crippen LogP contribution is 2.24. The van der Waals surface area contributed by atoms with E-state index in [-0.39, 0.29) is 5.91 Å². The van der Waals surface area contributed by atoms with Gasteiger partial charge in [-0.05, 0) is 35.4 Å². The first-order valence-corrected chi connectivity index (χ1v) is 6.14. The molecular weight excluding hydrogens is 250 g/mol. The second kappa shape index (κ2) is 5.45. The molecule has 0 unspecified atom stereocenters. The van der Waals surface area contributed by atoms with Crippen molar-refractivity contribution in [1.82, 2.24) is 4.90 Å². The Kier molecular flexibility index (Phi) is 3.72. The molecule has 2 rings (SSSR count). The molecule has 2 aromatic carbocycles. The molecule has 4 heteroatoms. The lowest BCUT2D eigenvalue weighted by Crippen LogP contribution is -2.21. The van der Waals surface area contributed by atoms with Gasteiger partial charge in [0.15, 0.2) is 0 Å². The van der Waals surface area contributed by atoms with Crippen molar-refractivity contribution in [3.05, 3.63) is 53.6 Å². The molecule has 0 aliphatic carbocycles. The highest BCUT2D eigenvalue weighted by Gasteiger charge is 2.08. The van der Waals surface area contributed by atoms with Gasteiger partial charge in [0.05, 0.1) is 5.56 Å². The van der Waals surface area contributed by atoms with Crippen LogP contribution in [0.2, 0.25) is 0 Å². The molecule has 0 atom stereocenters. The van der Waals surface area contributed by atoms with Crippen molar-refractivity contribution >= 4 is 11.6 Å². The minimum atomic E-state index is -0.0356. The van der Waals surface area contributed by atoms with Crippen molar-refractivity contribution in [2.45, 2.75) is 0 Å². The zero-order chi connectivity index (χ0) is 14.7. The highest BCUT2D eigenvalue weighted by atomic mass is 16.2. The molecular formula is C16H15N3O. The molecule has 0 aliphatic heterocycles. The summed E-state index contributed by atoms with van der Waals surface area (Å²) in [5, 5.41) is 8.99. The number of carbonyl (C=O) groups is 1. The molecule has 0 aliphatic rings. The standard InChI is InChI=1S/C16H15N3O/c1-19(2)16(20)12-5-3-11(4-6-12)13-7-8-15(18)14(9-13)10-17/h3-9H,18H2,1-2H3. The maximum atomic E-state index is 11.8. The fourth-order valence-electron chi connectivity index (χ4n) is 1.90. The van der Waals surface area contributed by atoms with Crippen LogP contribution in [0, 0.1) is 11.3 Å². The lowest BCUT2D eigenvalue weighted by Gasteiger charge is -2.10. The summed E-state index contributed by atoms with van der Waals surface area (Å²) in [7, 11) is 3.44. The number of anilines is 1. The number of hydrogen-bond acceptors (Lipinski definition) is 3. The van der Waals surface area contributed by atoms with Crippen molar-refractivity contribution in [1.29, 1.82) is 5.26 Å². The lowest BCUT2D eigenvalue weighted by molar-refractivity contribution is 0.0827. The second-order valence-corrected chi connectivity index (χ2v) is 4.69. The van der Waals surface area contributed by atoms with Crippen LogP contribution in [0.3, 0.4) is 0 Å². The minimum Gasteiger partial charge on any atom is -0.398 e. The van der Waals surface area contributed by atoms with Crippen LogP contribution in [0.25, 0.3) is 11.1 Å². The van der Waals surface area contributed by atoms with Gasteiger partial charge in [-0.15, -0.1) is 0 Å². The average molecular weight is 265 g/mol. The fourth-order valence-corrected chi connectivity index (χ4v) is 1.90. The zero-order valence-corrected chi connectivity index (χ0v) is 11.4. The number of rotatable bonds is 2. The first-order chi connectivity index (χ1) is 9.52. The van der Waals surface area contributed by atoms with Gasteiger partial charge in [0.25, 0.3) is 5.91 Å². The Morgan fingerprint density at radius 1 is 1.10 bits per heavy atom. The normalized spacial score (nSPS) is 9.85. The summed E-state index contributed by atoms with van der Waals surface area (Å²) in [6, 6.07) is 14.7. The number of nitriles is 1. The van der Waals surface area contributed by atoms with Crippen molar-refractivity contribution < 1.29 is 4.79 Å². The SMILES string of the molecule is CN(C)C(=O)c1ccc(-c2ccc(N)c(C#N)c2)cc1. The van der Waals surface area contributed by atoms with Gasteiger partial charge >= 0.3 is 0 Å². The predicted octanol–water partition coefficient (Wildman–Crippen LogP) is 2.51. The molecule has 0 radical (unpaired) electrons. The van der Waals surface area contributed by atoms with Crippen molar-refractivity contribution in [3.63, 3.8) is 0 Å². The third kappa shape index (κ3) is 2.62. The Labute approximate surface area is 118 Å². The number of benzene rings is 2. The van der Waals surface area contributed by atoms with Crippen molar-refractivity contribution in [3.8, 4) is 17.2 Å². The van der Waals surface area contributed by atoms with E-state index in [1.165, 1.54) is 4.90 Å². The van der Waals surface area contributed by atoms with Crippen LogP contribution in [0.5, 0.6) is 0 Å². The van der Waals surface area contributed by atoms with Crippen molar-refractivity contribution in [2.24, 2.45) is 0 Å². The van der Waals surface area contributed by atoms with Gasteiger partial charge in [-0.1, -0.05) is 18.2 Å². The summed E-state index contributed by atoms with van der Waals surface area (Å²) in [5.74, 6) is -0.0356. The van der Waals surface area contributed by atoms with Crippen molar-refractivity contribution in [2.75, 3.05) is 19.8 Å². The summed E-state index contributed by atoms with van der Waals surface area (Å²) in [4.78, 5) is 13.3. The molecule has 0 heterocycles. The number of hydrogen-bond donors (Lipinski definition) is 1. The second-order valence-electron chi connectivity index (χ2n) is 4.69. The van der Waals surface area contributed by atoms with Gasteiger partial charge in [-0.3, -0.25) is 4.79 Å². The van der Waals surface area contributed by atoms with E-state index in [4.69, 9.17) is 11.0 Å². The van der Waals surface area contributed by atoms with Crippen LogP contribution in [0.4, 0.5) is 5.69 Å². The summed E-state index contributed by atoms with van der Waals surface area (Å²) in [5.41, 5.74) is 9.10. The van der Waals surface area contributed by atoms with E-state index in [9.17, 15) is 4.79 Å². The van der Waals surface area contributed by atoms with E-state index in [1.54, 1.807) is 38.4 Å². The van der Waals surface area contributed by atoms with Gasteiger partial charge in [0.1, 0.15) is 6.07 Å². The van der Waals surface area contributed by atoms with E-state index in [0.29, 0.717) is 16.8 Å². The Morgan fingerprint density at radius 3 is 2.25 bits per heavy atom. The molecule has 0 fully saturated rings. The Bertz CT molecular complexity index is 682. The molecule has 4 nitrogen and oxygen atoms in total. The van der Waals surface area contributed by atoms with Crippen LogP contribution >= 0.6 is 0 Å². The molecule has 100 valence electrons. The number of amides is 1. The largest absolute Gasteiger partial charge is 0.398 e. The number of nitrogen functional groups attached to an aromatic ring is 1. The van der Waals surface area contributed by atoms with Gasteiger partial charge in [-0.2, -0.15) is 5.26 Å². The minimum absolute atomic E-state index is 0.0356. The quantitative estimate of drug-likeness (QED) is 0.848. The van der Waals surface area contributed by atoms with Gasteiger partial charge in [-0.25, -0.2) is 0 Å². The molecule has 20 heavy (non-hydrogen) atoms. The molecule has 0 saturated carbocycles. The molecule has 2 aromatic rings. The summed E-state index contributed by atoms with van der Waals surface area (Å²) < 4.78 is 0. The van der Waals surface area contributed by atoms with E-state index >= 15 is 0 Å². The van der Waals surface area contributed by atoms with E-state index in [1.807, 2.05) is 18.2 Å². The summed E-state index contributed by atoms with van der Waals surface area (Å²) >= 11 is 0. The van der Waals surface area contributed by atoms with Crippen LogP contribution in [-0.4, -0.2) is 24.9 Å². The fraction of sp³-hybridized carbons (Fsp3) is 0.125. The monoisotopic (exact) mass is 265 g/mol. The number of nitrogens with zero attached hydrogens (tertiary/aromatic N) is 2. The Balaban J connectivity index is 2.36. The first-order valence-electron chi connectivity index (χ1n) is 6.14. The lowest BCUT2D eigenvalue weighted by atomic mass is 10.0. The van der Waals surface area contributed by atoms with Gasteiger partial charge in [0, 0.05) is 25.3 Å². The van der Waals surface area contributed by atoms with Gasteiger partial charge in [0.2, 0.25) is 0 Å². The molecule has 2 N–H and O–H groups in total. The topological polar surface area (TPSA) is 70.1 Å². The van der Waals surface area contributed by atoms with E-state index in [2.05, 4.69) is 6.07 Å². The van der Waals surface area contributed by atoms with E-state index in [0.717, 1.165) is 11.1 Å². The smallest absolute Gasteiger partial charge is 0.253 e. The third-order valence-electron chi connectivity index (χ3n) is 3.05. The van der Waals surface area contributed by atoms with Crippen LogP contribution < -0.4 is 5.73 Å². The van der Waals surface area contributed by atoms with Crippen LogP contribution in [0.1, 0.15) is 15.9 Å². The third-order valence-corrected chi connectivity index (χ3v) is 3.05. The summed E-state index contributed by atoms with van der Waals surface area (Å²) in [6.07, 6.45) is 0. The Morgan fingerprint density at radius 2 is 1.70 bits per heavy atom.